The molecule has 0 rings (SSSR count). The zero-order valence-electron chi connectivity index (χ0n) is 21.9. The second kappa shape index (κ2) is 28.0. The molecule has 2 heteroatoms. The maximum Gasteiger partial charge on any atom is 0.305 e. The second-order valence-corrected chi connectivity index (χ2v) is 9.38. The van der Waals surface area contributed by atoms with Gasteiger partial charge in [-0.15, -0.1) is 0 Å². The Morgan fingerprint density at radius 3 is 1.56 bits per heavy atom. The lowest BCUT2D eigenvalue weighted by Gasteiger charge is -2.05. The molecule has 0 atom stereocenters. The zero-order valence-corrected chi connectivity index (χ0v) is 21.9. The molecule has 0 aromatic carbocycles. The number of unbranched alkanes of at least 4 members (excludes halogenated alkanes) is 17. The highest BCUT2D eigenvalue weighted by Crippen LogP contribution is 2.11. The molecule has 0 heterocycles. The lowest BCUT2D eigenvalue weighted by molar-refractivity contribution is -0.143. The van der Waals surface area contributed by atoms with Gasteiger partial charge in [0.15, 0.2) is 0 Å². The fraction of sp³-hybridized carbons (Fsp3) is 0.833. The summed E-state index contributed by atoms with van der Waals surface area (Å²) >= 11 is 0. The molecule has 32 heavy (non-hydrogen) atoms. The summed E-state index contributed by atoms with van der Waals surface area (Å²) in [6.07, 6.45) is 36.4. The highest BCUT2D eigenvalue weighted by Gasteiger charge is 2.02. The van der Waals surface area contributed by atoms with E-state index in [0.717, 1.165) is 19.3 Å². The summed E-state index contributed by atoms with van der Waals surface area (Å²) in [5.74, 6) is 0.00976. The SMILES string of the molecule is CCCCC/C=C\C/C=C\CCCCCCCCOC(=O)CCCCCCCCCCC. The Balaban J connectivity index is 3.23. The number of ether oxygens (including phenoxy) is 1. The van der Waals surface area contributed by atoms with Crippen LogP contribution >= 0.6 is 0 Å². The quantitative estimate of drug-likeness (QED) is 0.0788. The van der Waals surface area contributed by atoms with Gasteiger partial charge in [0.05, 0.1) is 6.61 Å². The van der Waals surface area contributed by atoms with Gasteiger partial charge in [-0.1, -0.05) is 128 Å². The summed E-state index contributed by atoms with van der Waals surface area (Å²) in [7, 11) is 0. The van der Waals surface area contributed by atoms with Crippen LogP contribution in [-0.4, -0.2) is 12.6 Å². The molecule has 0 saturated carbocycles. The Morgan fingerprint density at radius 1 is 0.531 bits per heavy atom. The normalized spacial score (nSPS) is 11.7. The molecule has 0 aliphatic rings. The molecule has 2 nitrogen and oxygen atoms in total. The van der Waals surface area contributed by atoms with E-state index in [2.05, 4.69) is 38.2 Å². The molecule has 0 spiro atoms. The first-order chi connectivity index (χ1) is 15.8. The van der Waals surface area contributed by atoms with Crippen molar-refractivity contribution in [2.24, 2.45) is 0 Å². The first-order valence-corrected chi connectivity index (χ1v) is 14.3. The molecular weight excluding hydrogens is 392 g/mol. The zero-order chi connectivity index (χ0) is 23.4. The van der Waals surface area contributed by atoms with Crippen molar-refractivity contribution in [1.82, 2.24) is 0 Å². The van der Waals surface area contributed by atoms with E-state index >= 15 is 0 Å². The summed E-state index contributed by atoms with van der Waals surface area (Å²) in [6.45, 7) is 5.13. The maximum atomic E-state index is 11.8. The summed E-state index contributed by atoms with van der Waals surface area (Å²) < 4.78 is 5.38. The number of carbonyl (C=O) groups excluding carboxylic acids is 1. The topological polar surface area (TPSA) is 26.3 Å². The number of allylic oxidation sites excluding steroid dienone is 4. The third-order valence-electron chi connectivity index (χ3n) is 6.09. The van der Waals surface area contributed by atoms with Crippen LogP contribution in [0.25, 0.3) is 0 Å². The molecule has 0 aliphatic heterocycles. The minimum atomic E-state index is 0.00976. The standard InChI is InChI=1S/C30H56O2/c1-3-5-7-9-11-13-14-15-16-17-18-19-21-23-25-27-29-32-30(31)28-26-24-22-20-12-10-8-6-4-2/h11,13,15-16H,3-10,12,14,17-29H2,1-2H3/b13-11-,16-15-. The van der Waals surface area contributed by atoms with Crippen LogP contribution in [0.2, 0.25) is 0 Å². The van der Waals surface area contributed by atoms with Gasteiger partial charge in [0.1, 0.15) is 0 Å². The van der Waals surface area contributed by atoms with Crippen LogP contribution in [-0.2, 0) is 9.53 Å². The van der Waals surface area contributed by atoms with E-state index < -0.39 is 0 Å². The number of esters is 1. The highest BCUT2D eigenvalue weighted by atomic mass is 16.5. The Hall–Kier alpha value is -1.05. The largest absolute Gasteiger partial charge is 0.466 e. The average Bonchev–Trinajstić information content (AvgIpc) is 2.80. The van der Waals surface area contributed by atoms with Crippen molar-refractivity contribution in [3.05, 3.63) is 24.3 Å². The molecule has 0 aliphatic carbocycles. The van der Waals surface area contributed by atoms with Crippen molar-refractivity contribution in [2.45, 2.75) is 155 Å². The molecule has 0 aromatic heterocycles. The van der Waals surface area contributed by atoms with Gasteiger partial charge in [0.2, 0.25) is 0 Å². The molecule has 0 N–H and O–H groups in total. The molecule has 0 unspecified atom stereocenters. The van der Waals surface area contributed by atoms with Crippen LogP contribution < -0.4 is 0 Å². The highest BCUT2D eigenvalue weighted by molar-refractivity contribution is 5.69. The van der Waals surface area contributed by atoms with Gasteiger partial charge in [-0.05, 0) is 44.9 Å². The van der Waals surface area contributed by atoms with Gasteiger partial charge in [-0.3, -0.25) is 4.79 Å². The van der Waals surface area contributed by atoms with E-state index in [9.17, 15) is 4.79 Å². The van der Waals surface area contributed by atoms with Crippen LogP contribution in [0.4, 0.5) is 0 Å². The monoisotopic (exact) mass is 448 g/mol. The molecule has 0 amide bonds. The van der Waals surface area contributed by atoms with Crippen molar-refractivity contribution in [2.75, 3.05) is 6.61 Å². The molecule has 0 fully saturated rings. The minimum Gasteiger partial charge on any atom is -0.466 e. The van der Waals surface area contributed by atoms with E-state index in [4.69, 9.17) is 4.74 Å². The van der Waals surface area contributed by atoms with E-state index in [1.807, 2.05) is 0 Å². The maximum absolute atomic E-state index is 11.8. The molecule has 0 radical (unpaired) electrons. The second-order valence-electron chi connectivity index (χ2n) is 9.38. The van der Waals surface area contributed by atoms with E-state index in [1.54, 1.807) is 0 Å². The molecular formula is C30H56O2. The van der Waals surface area contributed by atoms with Crippen molar-refractivity contribution < 1.29 is 9.53 Å². The molecule has 0 saturated heterocycles. The number of rotatable bonds is 25. The Kier molecular flexibility index (Phi) is 27.1. The van der Waals surface area contributed by atoms with Crippen LogP contribution in [0.5, 0.6) is 0 Å². The van der Waals surface area contributed by atoms with Gasteiger partial charge in [-0.2, -0.15) is 0 Å². The van der Waals surface area contributed by atoms with Gasteiger partial charge < -0.3 is 4.74 Å². The lowest BCUT2D eigenvalue weighted by Crippen LogP contribution is -2.05. The van der Waals surface area contributed by atoms with E-state index in [1.165, 1.54) is 116 Å². The minimum absolute atomic E-state index is 0.00976. The van der Waals surface area contributed by atoms with Crippen molar-refractivity contribution >= 4 is 5.97 Å². The Morgan fingerprint density at radius 2 is 0.969 bits per heavy atom. The van der Waals surface area contributed by atoms with Crippen LogP contribution in [0, 0.1) is 0 Å². The molecule has 0 bridgehead atoms. The van der Waals surface area contributed by atoms with Crippen molar-refractivity contribution in [3.63, 3.8) is 0 Å². The number of hydrogen-bond acceptors (Lipinski definition) is 2. The summed E-state index contributed by atoms with van der Waals surface area (Å²) in [6, 6.07) is 0. The Labute approximate surface area is 201 Å². The first kappa shape index (κ1) is 30.9. The Bertz CT molecular complexity index is 425. The van der Waals surface area contributed by atoms with Crippen molar-refractivity contribution in [1.29, 1.82) is 0 Å². The summed E-state index contributed by atoms with van der Waals surface area (Å²) in [4.78, 5) is 11.8. The molecule has 0 aromatic rings. The smallest absolute Gasteiger partial charge is 0.305 e. The van der Waals surface area contributed by atoms with E-state index in [0.29, 0.717) is 13.0 Å². The number of carbonyl (C=O) groups is 1. The predicted molar refractivity (Wildman–Crippen MR) is 142 cm³/mol. The lowest BCUT2D eigenvalue weighted by atomic mass is 10.1. The molecule has 188 valence electrons. The average molecular weight is 449 g/mol. The van der Waals surface area contributed by atoms with Gasteiger partial charge >= 0.3 is 5.97 Å². The predicted octanol–water partition coefficient (Wildman–Crippen LogP) is 10.3. The van der Waals surface area contributed by atoms with Gasteiger partial charge in [-0.25, -0.2) is 0 Å². The van der Waals surface area contributed by atoms with Gasteiger partial charge in [0, 0.05) is 6.42 Å². The number of hydrogen-bond donors (Lipinski definition) is 0. The third kappa shape index (κ3) is 27.0. The van der Waals surface area contributed by atoms with Crippen LogP contribution in [0.15, 0.2) is 24.3 Å². The fourth-order valence-corrected chi connectivity index (χ4v) is 3.93. The summed E-state index contributed by atoms with van der Waals surface area (Å²) in [5, 5.41) is 0. The van der Waals surface area contributed by atoms with Crippen molar-refractivity contribution in [3.8, 4) is 0 Å². The van der Waals surface area contributed by atoms with Crippen LogP contribution in [0.3, 0.4) is 0 Å². The van der Waals surface area contributed by atoms with Crippen LogP contribution in [0.1, 0.15) is 155 Å². The van der Waals surface area contributed by atoms with Gasteiger partial charge in [0.25, 0.3) is 0 Å². The van der Waals surface area contributed by atoms with E-state index in [-0.39, 0.29) is 5.97 Å². The summed E-state index contributed by atoms with van der Waals surface area (Å²) in [5.41, 5.74) is 0. The fourth-order valence-electron chi connectivity index (χ4n) is 3.93. The first-order valence-electron chi connectivity index (χ1n) is 14.3. The third-order valence-corrected chi connectivity index (χ3v) is 6.09.